The Morgan fingerprint density at radius 2 is 2.17 bits per heavy atom. The lowest BCUT2D eigenvalue weighted by atomic mass is 9.73. The normalized spacial score (nSPS) is 23.8. The second-order valence-electron chi connectivity index (χ2n) is 8.05. The fourth-order valence-electron chi connectivity index (χ4n) is 2.72. The molecule has 1 aromatic heterocycles. The van der Waals surface area contributed by atoms with Gasteiger partial charge < -0.3 is 14.6 Å². The first kappa shape index (κ1) is 18.9. The Bertz CT molecular complexity index is 574. The smallest absolute Gasteiger partial charge is 0.350 e. The second-order valence-corrected chi connectivity index (χ2v) is 13.7. The lowest BCUT2D eigenvalue weighted by Gasteiger charge is -2.40. The molecule has 1 heterocycles. The Morgan fingerprint density at radius 1 is 1.50 bits per heavy atom. The Kier molecular flexibility index (Phi) is 5.66. The molecular formula is C15H27N3O5Si. The van der Waals surface area contributed by atoms with Gasteiger partial charge in [0.05, 0.1) is 17.1 Å². The van der Waals surface area contributed by atoms with Gasteiger partial charge in [0.1, 0.15) is 12.9 Å². The monoisotopic (exact) mass is 357 g/mol. The van der Waals surface area contributed by atoms with Gasteiger partial charge in [-0.05, 0) is 31.7 Å². The molecule has 0 amide bonds. The molecule has 136 valence electrons. The molecule has 9 heteroatoms. The molecule has 0 atom stereocenters. The summed E-state index contributed by atoms with van der Waals surface area (Å²) in [7, 11) is -1.16. The summed E-state index contributed by atoms with van der Waals surface area (Å²) >= 11 is 0. The van der Waals surface area contributed by atoms with Crippen molar-refractivity contribution < 1.29 is 19.5 Å². The number of nitrogens with zero attached hydrogens (tertiary/aromatic N) is 3. The average Bonchev–Trinajstić information content (AvgIpc) is 2.81. The van der Waals surface area contributed by atoms with E-state index in [0.29, 0.717) is 26.1 Å². The molecule has 1 N–H and O–H groups in total. The molecule has 1 aromatic rings. The van der Waals surface area contributed by atoms with Crippen LogP contribution in [-0.4, -0.2) is 46.7 Å². The predicted molar refractivity (Wildman–Crippen MR) is 91.8 cm³/mol. The van der Waals surface area contributed by atoms with Crippen LogP contribution in [0, 0.1) is 16.0 Å². The number of nitro groups is 1. The van der Waals surface area contributed by atoms with Crippen molar-refractivity contribution in [3.63, 3.8) is 0 Å². The minimum atomic E-state index is -1.16. The number of rotatable bonds is 9. The highest BCUT2D eigenvalue weighted by Gasteiger charge is 2.39. The Hall–Kier alpha value is -1.45. The minimum Gasteiger partial charge on any atom is -0.471 e. The highest BCUT2D eigenvalue weighted by Crippen LogP contribution is 2.38. The van der Waals surface area contributed by atoms with Crippen molar-refractivity contribution in [3.05, 3.63) is 16.3 Å². The molecule has 0 spiro atoms. The summed E-state index contributed by atoms with van der Waals surface area (Å²) in [6, 6.07) is 1.03. The van der Waals surface area contributed by atoms with Gasteiger partial charge in [-0.15, -0.1) is 5.10 Å². The van der Waals surface area contributed by atoms with Gasteiger partial charge in [-0.1, -0.05) is 19.6 Å². The SMILES string of the molecule is CC1(O)CC(COc2nn(COCC[Si](C)(C)C)cc2[N+](=O)[O-])C1. The van der Waals surface area contributed by atoms with Gasteiger partial charge in [-0.25, -0.2) is 4.68 Å². The van der Waals surface area contributed by atoms with Crippen molar-refractivity contribution in [1.29, 1.82) is 0 Å². The van der Waals surface area contributed by atoms with E-state index in [1.807, 2.05) is 0 Å². The van der Waals surface area contributed by atoms with E-state index in [1.165, 1.54) is 10.9 Å². The molecule has 1 aliphatic rings. The number of hydrogen-bond donors (Lipinski definition) is 1. The summed E-state index contributed by atoms with van der Waals surface area (Å²) in [5.74, 6) is 0.220. The quantitative estimate of drug-likeness (QED) is 0.316. The zero-order chi connectivity index (χ0) is 18.0. The largest absolute Gasteiger partial charge is 0.471 e. The van der Waals surface area contributed by atoms with Crippen molar-refractivity contribution in [2.24, 2.45) is 5.92 Å². The predicted octanol–water partition coefficient (Wildman–Crippen LogP) is 2.64. The lowest BCUT2D eigenvalue weighted by Crippen LogP contribution is -2.43. The molecule has 0 unspecified atom stereocenters. The summed E-state index contributed by atoms with van der Waals surface area (Å²) in [6.07, 6.45) is 2.61. The van der Waals surface area contributed by atoms with Crippen molar-refractivity contribution >= 4 is 13.8 Å². The van der Waals surface area contributed by atoms with E-state index in [-0.39, 0.29) is 24.2 Å². The lowest BCUT2D eigenvalue weighted by molar-refractivity contribution is -0.386. The first-order valence-corrected chi connectivity index (χ1v) is 11.9. The Morgan fingerprint density at radius 3 is 2.71 bits per heavy atom. The van der Waals surface area contributed by atoms with E-state index in [2.05, 4.69) is 24.7 Å². The van der Waals surface area contributed by atoms with Gasteiger partial charge in [-0.2, -0.15) is 0 Å². The number of aliphatic hydroxyl groups is 1. The third-order valence-electron chi connectivity index (χ3n) is 4.04. The van der Waals surface area contributed by atoms with E-state index < -0.39 is 18.6 Å². The second kappa shape index (κ2) is 7.20. The van der Waals surface area contributed by atoms with Gasteiger partial charge in [-0.3, -0.25) is 10.1 Å². The molecule has 1 aliphatic carbocycles. The first-order valence-electron chi connectivity index (χ1n) is 8.20. The fraction of sp³-hybridized carbons (Fsp3) is 0.800. The maximum absolute atomic E-state index is 11.1. The number of hydrogen-bond acceptors (Lipinski definition) is 6. The Labute approximate surface area is 142 Å². The Balaban J connectivity index is 1.86. The van der Waals surface area contributed by atoms with Gasteiger partial charge in [0, 0.05) is 14.7 Å². The summed E-state index contributed by atoms with van der Waals surface area (Å²) in [5.41, 5.74) is -0.793. The van der Waals surface area contributed by atoms with Crippen LogP contribution < -0.4 is 4.74 Å². The van der Waals surface area contributed by atoms with Crippen LogP contribution >= 0.6 is 0 Å². The average molecular weight is 357 g/mol. The maximum Gasteiger partial charge on any atom is 0.350 e. The van der Waals surface area contributed by atoms with Crippen LogP contribution in [0.1, 0.15) is 19.8 Å². The highest BCUT2D eigenvalue weighted by atomic mass is 28.3. The standard InChI is InChI=1S/C15H27N3O5Si/c1-15(19)7-12(8-15)10-23-14-13(18(20)21)9-17(16-14)11-22-5-6-24(2,3)4/h9,12,19H,5-8,10-11H2,1-4H3. The van der Waals surface area contributed by atoms with Gasteiger partial charge in [0.2, 0.25) is 0 Å². The molecular weight excluding hydrogens is 330 g/mol. The van der Waals surface area contributed by atoms with E-state index in [1.54, 1.807) is 6.92 Å². The maximum atomic E-state index is 11.1. The van der Waals surface area contributed by atoms with Crippen molar-refractivity contribution in [2.75, 3.05) is 13.2 Å². The van der Waals surface area contributed by atoms with Crippen LogP contribution in [-0.2, 0) is 11.5 Å². The molecule has 0 bridgehead atoms. The molecule has 24 heavy (non-hydrogen) atoms. The van der Waals surface area contributed by atoms with E-state index in [9.17, 15) is 15.2 Å². The fourth-order valence-corrected chi connectivity index (χ4v) is 3.48. The van der Waals surface area contributed by atoms with Crippen LogP contribution in [0.25, 0.3) is 0 Å². The van der Waals surface area contributed by atoms with Crippen LogP contribution in [0.2, 0.25) is 25.7 Å². The zero-order valence-corrected chi connectivity index (χ0v) is 15.8. The van der Waals surface area contributed by atoms with Crippen molar-refractivity contribution in [3.8, 4) is 5.88 Å². The van der Waals surface area contributed by atoms with Gasteiger partial charge in [0.15, 0.2) is 0 Å². The highest BCUT2D eigenvalue weighted by molar-refractivity contribution is 6.76. The van der Waals surface area contributed by atoms with Crippen molar-refractivity contribution in [2.45, 2.75) is 57.8 Å². The van der Waals surface area contributed by atoms with Crippen LogP contribution in [0.3, 0.4) is 0 Å². The van der Waals surface area contributed by atoms with Crippen LogP contribution in [0.4, 0.5) is 5.69 Å². The first-order chi connectivity index (χ1) is 11.1. The topological polar surface area (TPSA) is 99.7 Å². The molecule has 1 fully saturated rings. The van der Waals surface area contributed by atoms with Crippen LogP contribution in [0.5, 0.6) is 5.88 Å². The zero-order valence-electron chi connectivity index (χ0n) is 14.8. The number of aromatic nitrogens is 2. The molecule has 1 saturated carbocycles. The van der Waals surface area contributed by atoms with Crippen molar-refractivity contribution in [1.82, 2.24) is 9.78 Å². The molecule has 2 rings (SSSR count). The molecule has 0 aliphatic heterocycles. The molecule has 0 aromatic carbocycles. The minimum absolute atomic E-state index is 0.0142. The molecule has 0 radical (unpaired) electrons. The summed E-state index contributed by atoms with van der Waals surface area (Å²) in [4.78, 5) is 10.6. The van der Waals surface area contributed by atoms with Gasteiger partial charge in [0.25, 0.3) is 0 Å². The van der Waals surface area contributed by atoms with Gasteiger partial charge >= 0.3 is 11.6 Å². The number of ether oxygens (including phenoxy) is 2. The summed E-state index contributed by atoms with van der Waals surface area (Å²) in [6.45, 7) is 9.68. The van der Waals surface area contributed by atoms with Crippen LogP contribution in [0.15, 0.2) is 6.20 Å². The summed E-state index contributed by atoms with van der Waals surface area (Å²) in [5, 5.41) is 24.9. The third kappa shape index (κ3) is 5.57. The van der Waals surface area contributed by atoms with E-state index in [4.69, 9.17) is 9.47 Å². The summed E-state index contributed by atoms with van der Waals surface area (Å²) < 4.78 is 12.5. The van der Waals surface area contributed by atoms with E-state index in [0.717, 1.165) is 6.04 Å². The molecule has 0 saturated heterocycles. The third-order valence-corrected chi connectivity index (χ3v) is 5.74. The molecule has 8 nitrogen and oxygen atoms in total. The van der Waals surface area contributed by atoms with E-state index >= 15 is 0 Å².